The highest BCUT2D eigenvalue weighted by atomic mass is 33.1. The van der Waals surface area contributed by atoms with Gasteiger partial charge in [-0.3, -0.25) is 4.21 Å². The molecule has 0 N–H and O–H groups in total. The van der Waals surface area contributed by atoms with Gasteiger partial charge in [0, 0.05) is 23.3 Å². The smallest absolute Gasteiger partial charge is 0.200 e. The Morgan fingerprint density at radius 2 is 2.00 bits per heavy atom. The predicted octanol–water partition coefficient (Wildman–Crippen LogP) is 0.680. The molecule has 0 radical (unpaired) electrons. The second-order valence-corrected chi connectivity index (χ2v) is 9.29. The maximum absolute atomic E-state index is 10.6. The van der Waals surface area contributed by atoms with E-state index in [0.717, 1.165) is 17.0 Å². The lowest BCUT2D eigenvalue weighted by molar-refractivity contribution is 0.241. The summed E-state index contributed by atoms with van der Waals surface area (Å²) in [4.78, 5) is 0. The fourth-order valence-electron chi connectivity index (χ4n) is 0.366. The van der Waals surface area contributed by atoms with Crippen LogP contribution >= 0.6 is 22.6 Å². The maximum atomic E-state index is 10.6. The van der Waals surface area contributed by atoms with E-state index in [9.17, 15) is 12.6 Å². The maximum Gasteiger partial charge on any atom is 0.200 e. The van der Waals surface area contributed by atoms with Crippen molar-refractivity contribution in [1.82, 2.24) is 0 Å². The van der Waals surface area contributed by atoms with Gasteiger partial charge in [0.25, 0.3) is 0 Å². The van der Waals surface area contributed by atoms with Gasteiger partial charge in [0.1, 0.15) is 5.94 Å². The standard InChI is InChI=1S/C5H12O4S4/c1-12(6)5-10-3-9-4-11-13(2,7)8/h3-5H2,1-2H3. The fourth-order valence-corrected chi connectivity index (χ4v) is 2.94. The van der Waals surface area contributed by atoms with Crippen LogP contribution in [0.25, 0.3) is 0 Å². The second kappa shape index (κ2) is 7.10. The molecule has 1 unspecified atom stereocenters. The summed E-state index contributed by atoms with van der Waals surface area (Å²) in [5, 5.41) is 0.517. The highest BCUT2D eigenvalue weighted by Gasteiger charge is 2.01. The van der Waals surface area contributed by atoms with Crippen molar-refractivity contribution in [3.63, 3.8) is 0 Å². The Balaban J connectivity index is 3.23. The number of rotatable bonds is 7. The molecule has 0 amide bonds. The van der Waals surface area contributed by atoms with E-state index in [1.165, 1.54) is 11.8 Å². The Labute approximate surface area is 89.0 Å². The van der Waals surface area contributed by atoms with Crippen LogP contribution in [0.1, 0.15) is 0 Å². The lowest BCUT2D eigenvalue weighted by Crippen LogP contribution is -1.97. The normalized spacial score (nSPS) is 14.3. The zero-order valence-corrected chi connectivity index (χ0v) is 10.7. The van der Waals surface area contributed by atoms with Crippen molar-refractivity contribution in [3.05, 3.63) is 0 Å². The minimum absolute atomic E-state index is 0.127. The van der Waals surface area contributed by atoms with E-state index in [0.29, 0.717) is 11.0 Å². The minimum Gasteiger partial charge on any atom is -0.359 e. The lowest BCUT2D eigenvalue weighted by Gasteiger charge is -2.00. The third-order valence-corrected chi connectivity index (χ3v) is 5.35. The van der Waals surface area contributed by atoms with Crippen LogP contribution < -0.4 is 0 Å². The van der Waals surface area contributed by atoms with Gasteiger partial charge in [-0.2, -0.15) is 0 Å². The van der Waals surface area contributed by atoms with Gasteiger partial charge in [-0.1, -0.05) is 0 Å². The molecule has 0 saturated carbocycles. The van der Waals surface area contributed by atoms with Crippen molar-refractivity contribution in [2.45, 2.75) is 0 Å². The summed E-state index contributed by atoms with van der Waals surface area (Å²) in [6.07, 6.45) is 2.74. The van der Waals surface area contributed by atoms with Crippen LogP contribution in [0.3, 0.4) is 0 Å². The van der Waals surface area contributed by atoms with E-state index in [4.69, 9.17) is 4.74 Å². The molecule has 4 nitrogen and oxygen atoms in total. The van der Waals surface area contributed by atoms with Crippen LogP contribution in [0.15, 0.2) is 0 Å². The molecule has 0 spiro atoms. The summed E-state index contributed by atoms with van der Waals surface area (Å²) in [6, 6.07) is 0. The molecular formula is C5H12O4S4. The largest absolute Gasteiger partial charge is 0.359 e. The summed E-state index contributed by atoms with van der Waals surface area (Å²) in [5.74, 6) is 0.504. The van der Waals surface area contributed by atoms with Gasteiger partial charge in [-0.15, -0.1) is 11.8 Å². The monoisotopic (exact) mass is 264 g/mol. The molecule has 0 aliphatic rings. The molecule has 0 aromatic rings. The van der Waals surface area contributed by atoms with Gasteiger partial charge in [-0.05, 0) is 10.8 Å². The van der Waals surface area contributed by atoms with Gasteiger partial charge in [0.2, 0.25) is 8.87 Å². The third kappa shape index (κ3) is 12.8. The van der Waals surface area contributed by atoms with Crippen molar-refractivity contribution in [1.29, 1.82) is 0 Å². The molecule has 0 aromatic heterocycles. The molecule has 0 aromatic carbocycles. The first kappa shape index (κ1) is 13.8. The quantitative estimate of drug-likeness (QED) is 0.383. The van der Waals surface area contributed by atoms with Crippen molar-refractivity contribution in [2.75, 3.05) is 29.5 Å². The number of hydrogen-bond donors (Lipinski definition) is 0. The molecule has 80 valence electrons. The van der Waals surface area contributed by atoms with E-state index in [1.807, 2.05) is 0 Å². The number of thioether (sulfide) groups is 1. The Kier molecular flexibility index (Phi) is 7.52. The average molecular weight is 264 g/mol. The third-order valence-electron chi connectivity index (χ3n) is 0.761. The highest BCUT2D eigenvalue weighted by molar-refractivity contribution is 8.71. The first-order chi connectivity index (χ1) is 5.92. The van der Waals surface area contributed by atoms with E-state index in [2.05, 4.69) is 0 Å². The summed E-state index contributed by atoms with van der Waals surface area (Å²) >= 11 is 1.38. The van der Waals surface area contributed by atoms with Gasteiger partial charge in [-0.25, -0.2) is 8.42 Å². The Hall–Kier alpha value is 0.760. The van der Waals surface area contributed by atoms with Crippen LogP contribution in [0, 0.1) is 0 Å². The van der Waals surface area contributed by atoms with Crippen LogP contribution in [0.5, 0.6) is 0 Å². The number of hydrogen-bond acceptors (Lipinski definition) is 6. The number of ether oxygens (including phenoxy) is 1. The molecule has 0 heterocycles. The molecule has 0 bridgehead atoms. The summed E-state index contributed by atoms with van der Waals surface area (Å²) < 4.78 is 36.7. The van der Waals surface area contributed by atoms with Crippen LogP contribution in [0.2, 0.25) is 0 Å². The van der Waals surface area contributed by atoms with Crippen LogP contribution in [-0.4, -0.2) is 42.1 Å². The fraction of sp³-hybridized carbons (Fsp3) is 1.00. The summed E-state index contributed by atoms with van der Waals surface area (Å²) in [6.45, 7) is 0. The van der Waals surface area contributed by atoms with E-state index in [1.54, 1.807) is 6.26 Å². The Bertz CT molecular complexity index is 247. The summed E-state index contributed by atoms with van der Waals surface area (Å²) in [7, 11) is -3.08. The van der Waals surface area contributed by atoms with E-state index in [-0.39, 0.29) is 5.94 Å². The van der Waals surface area contributed by atoms with Crippen molar-refractivity contribution in [3.8, 4) is 0 Å². The first-order valence-electron chi connectivity index (χ1n) is 3.22. The first-order valence-corrected chi connectivity index (χ1v) is 9.49. The molecule has 0 fully saturated rings. The van der Waals surface area contributed by atoms with Crippen molar-refractivity contribution < 1.29 is 17.4 Å². The minimum atomic E-state index is -3.01. The van der Waals surface area contributed by atoms with Crippen molar-refractivity contribution >= 4 is 42.2 Å². The van der Waals surface area contributed by atoms with E-state index >= 15 is 0 Å². The average Bonchev–Trinajstić information content (AvgIpc) is 1.93. The second-order valence-electron chi connectivity index (χ2n) is 2.16. The van der Waals surface area contributed by atoms with E-state index < -0.39 is 19.7 Å². The SMILES string of the molecule is CS(=O)CSCOCSS(C)(=O)=O. The highest BCUT2D eigenvalue weighted by Crippen LogP contribution is 2.11. The van der Waals surface area contributed by atoms with Gasteiger partial charge in [0.05, 0.1) is 11.0 Å². The molecule has 0 rings (SSSR count). The zero-order chi connectivity index (χ0) is 10.3. The Morgan fingerprint density at radius 1 is 1.38 bits per heavy atom. The molecule has 1 atom stereocenters. The predicted molar refractivity (Wildman–Crippen MR) is 59.8 cm³/mol. The zero-order valence-electron chi connectivity index (χ0n) is 7.39. The molecule has 0 aliphatic carbocycles. The van der Waals surface area contributed by atoms with Gasteiger partial charge >= 0.3 is 0 Å². The molecule has 8 heteroatoms. The van der Waals surface area contributed by atoms with Gasteiger partial charge in [0.15, 0.2) is 0 Å². The Morgan fingerprint density at radius 3 is 2.46 bits per heavy atom. The van der Waals surface area contributed by atoms with Gasteiger partial charge < -0.3 is 4.74 Å². The van der Waals surface area contributed by atoms with Crippen LogP contribution in [0.4, 0.5) is 0 Å². The molecular weight excluding hydrogens is 252 g/mol. The van der Waals surface area contributed by atoms with Crippen molar-refractivity contribution in [2.24, 2.45) is 0 Å². The lowest BCUT2D eigenvalue weighted by atomic mass is 11.5. The topological polar surface area (TPSA) is 60.4 Å². The molecule has 13 heavy (non-hydrogen) atoms. The molecule has 0 aliphatic heterocycles. The molecule has 0 saturated heterocycles. The summed E-state index contributed by atoms with van der Waals surface area (Å²) in [5.41, 5.74) is 0. The van der Waals surface area contributed by atoms with Crippen LogP contribution in [-0.2, 0) is 24.4 Å².